The summed E-state index contributed by atoms with van der Waals surface area (Å²) in [6.45, 7) is 2.61. The van der Waals surface area contributed by atoms with E-state index < -0.39 is 6.55 Å². The molecule has 2 heterocycles. The number of likely N-dealkylation sites (tertiary alicyclic amines) is 1. The molecule has 7 heteroatoms. The van der Waals surface area contributed by atoms with Crippen molar-refractivity contribution in [1.29, 1.82) is 0 Å². The van der Waals surface area contributed by atoms with Crippen molar-refractivity contribution in [2.75, 3.05) is 19.6 Å². The van der Waals surface area contributed by atoms with Crippen LogP contribution >= 0.6 is 0 Å². The zero-order valence-corrected chi connectivity index (χ0v) is 12.5. The maximum atomic E-state index is 12.8. The minimum absolute atomic E-state index is 0.0227. The summed E-state index contributed by atoms with van der Waals surface area (Å²) in [6, 6.07) is 0. The zero-order valence-electron chi connectivity index (χ0n) is 12.5. The normalized spacial score (nSPS) is 16.8. The molecule has 1 fully saturated rings. The fraction of sp³-hybridized carbons (Fsp3) is 0.714. The molecule has 1 saturated heterocycles. The molecule has 1 amide bonds. The highest BCUT2D eigenvalue weighted by molar-refractivity contribution is 5.79. The molecule has 0 saturated carbocycles. The van der Waals surface area contributed by atoms with E-state index in [1.54, 1.807) is 18.7 Å². The maximum Gasteiger partial charge on any atom is 0.333 e. The van der Waals surface area contributed by atoms with Crippen molar-refractivity contribution in [3.63, 3.8) is 0 Å². The van der Waals surface area contributed by atoms with Crippen molar-refractivity contribution < 1.29 is 13.6 Å². The SMILES string of the molecule is Cc1nn(C(F)F)c(C)c1CC(=O)N1CCC(CN)CC1. The summed E-state index contributed by atoms with van der Waals surface area (Å²) in [5, 5.41) is 3.81. The molecule has 1 aromatic rings. The summed E-state index contributed by atoms with van der Waals surface area (Å²) in [4.78, 5) is 14.1. The van der Waals surface area contributed by atoms with Gasteiger partial charge in [-0.25, -0.2) is 4.68 Å². The number of nitrogens with two attached hydrogens (primary N) is 1. The fourth-order valence-electron chi connectivity index (χ4n) is 2.82. The molecule has 5 nitrogen and oxygen atoms in total. The van der Waals surface area contributed by atoms with Gasteiger partial charge >= 0.3 is 6.55 Å². The van der Waals surface area contributed by atoms with Crippen molar-refractivity contribution in [2.45, 2.75) is 39.7 Å². The Balaban J connectivity index is 2.03. The molecule has 1 aromatic heterocycles. The van der Waals surface area contributed by atoms with Crippen LogP contribution in [0.1, 0.15) is 36.3 Å². The average molecular weight is 300 g/mol. The second-order valence-electron chi connectivity index (χ2n) is 5.61. The first-order valence-electron chi connectivity index (χ1n) is 7.24. The van der Waals surface area contributed by atoms with Crippen LogP contribution in [0.5, 0.6) is 0 Å². The number of piperidine rings is 1. The lowest BCUT2D eigenvalue weighted by atomic mass is 9.96. The fourth-order valence-corrected chi connectivity index (χ4v) is 2.82. The highest BCUT2D eigenvalue weighted by Crippen LogP contribution is 2.22. The molecular weight excluding hydrogens is 278 g/mol. The topological polar surface area (TPSA) is 64.2 Å². The molecule has 118 valence electrons. The quantitative estimate of drug-likeness (QED) is 0.919. The predicted octanol–water partition coefficient (Wildman–Crippen LogP) is 1.63. The third-order valence-corrected chi connectivity index (χ3v) is 4.29. The standard InChI is InChI=1S/C14H22F2N4O/c1-9-12(10(2)20(18-9)14(15)16)7-13(21)19-5-3-11(8-17)4-6-19/h11,14H,3-8,17H2,1-2H3. The monoisotopic (exact) mass is 300 g/mol. The lowest BCUT2D eigenvalue weighted by Gasteiger charge is -2.31. The van der Waals surface area contributed by atoms with Gasteiger partial charge in [0.25, 0.3) is 0 Å². The van der Waals surface area contributed by atoms with E-state index in [2.05, 4.69) is 5.10 Å². The molecule has 0 aromatic carbocycles. The third-order valence-electron chi connectivity index (χ3n) is 4.29. The van der Waals surface area contributed by atoms with Crippen LogP contribution in [0.15, 0.2) is 0 Å². The Morgan fingerprint density at radius 3 is 2.48 bits per heavy atom. The van der Waals surface area contributed by atoms with E-state index in [4.69, 9.17) is 5.73 Å². The maximum absolute atomic E-state index is 12.8. The molecule has 0 aliphatic carbocycles. The summed E-state index contributed by atoms with van der Waals surface area (Å²) in [5.41, 5.74) is 7.11. The van der Waals surface area contributed by atoms with Crippen LogP contribution in [-0.4, -0.2) is 40.2 Å². The van der Waals surface area contributed by atoms with E-state index in [-0.39, 0.29) is 12.3 Å². The molecular formula is C14H22F2N4O. The number of aryl methyl sites for hydroxylation is 1. The Hall–Kier alpha value is -1.50. The van der Waals surface area contributed by atoms with Gasteiger partial charge in [0.2, 0.25) is 5.91 Å². The van der Waals surface area contributed by atoms with Crippen molar-refractivity contribution >= 4 is 5.91 Å². The summed E-state index contributed by atoms with van der Waals surface area (Å²) >= 11 is 0. The van der Waals surface area contributed by atoms with Crippen molar-refractivity contribution in [3.05, 3.63) is 17.0 Å². The van der Waals surface area contributed by atoms with Crippen LogP contribution in [0.25, 0.3) is 0 Å². The van der Waals surface area contributed by atoms with Gasteiger partial charge in [-0.3, -0.25) is 4.79 Å². The number of carbonyl (C=O) groups is 1. The number of amides is 1. The molecule has 0 bridgehead atoms. The number of alkyl halides is 2. The molecule has 2 rings (SSSR count). The Morgan fingerprint density at radius 1 is 1.38 bits per heavy atom. The molecule has 2 N–H and O–H groups in total. The number of rotatable bonds is 4. The van der Waals surface area contributed by atoms with Crippen LogP contribution in [0.2, 0.25) is 0 Å². The highest BCUT2D eigenvalue weighted by Gasteiger charge is 2.25. The lowest BCUT2D eigenvalue weighted by molar-refractivity contribution is -0.131. The van der Waals surface area contributed by atoms with Crippen LogP contribution < -0.4 is 5.73 Å². The van der Waals surface area contributed by atoms with E-state index in [1.165, 1.54) is 0 Å². The summed E-state index contributed by atoms with van der Waals surface area (Å²) in [5.74, 6) is 0.463. The second-order valence-corrected chi connectivity index (χ2v) is 5.61. The van der Waals surface area contributed by atoms with Gasteiger partial charge in [0.15, 0.2) is 0 Å². The van der Waals surface area contributed by atoms with Gasteiger partial charge in [0.1, 0.15) is 0 Å². The Kier molecular flexibility index (Phi) is 4.92. The molecule has 21 heavy (non-hydrogen) atoms. The first kappa shape index (κ1) is 15.9. The van der Waals surface area contributed by atoms with Crippen LogP contribution in [0.4, 0.5) is 8.78 Å². The number of hydrogen-bond acceptors (Lipinski definition) is 3. The molecule has 0 atom stereocenters. The van der Waals surface area contributed by atoms with E-state index in [1.807, 2.05) is 0 Å². The third kappa shape index (κ3) is 3.40. The van der Waals surface area contributed by atoms with E-state index in [0.717, 1.165) is 12.8 Å². The average Bonchev–Trinajstić information content (AvgIpc) is 2.75. The van der Waals surface area contributed by atoms with Crippen LogP contribution in [0.3, 0.4) is 0 Å². The van der Waals surface area contributed by atoms with Gasteiger partial charge in [-0.15, -0.1) is 0 Å². The van der Waals surface area contributed by atoms with Crippen molar-refractivity contribution in [1.82, 2.24) is 14.7 Å². The van der Waals surface area contributed by atoms with Gasteiger partial charge in [-0.1, -0.05) is 0 Å². The van der Waals surface area contributed by atoms with Crippen LogP contribution in [0, 0.1) is 19.8 Å². The minimum Gasteiger partial charge on any atom is -0.342 e. The molecule has 1 aliphatic heterocycles. The van der Waals surface area contributed by atoms with Gasteiger partial charge < -0.3 is 10.6 Å². The highest BCUT2D eigenvalue weighted by atomic mass is 19.3. The van der Waals surface area contributed by atoms with Gasteiger partial charge in [-0.05, 0) is 39.2 Å². The Bertz CT molecular complexity index is 507. The van der Waals surface area contributed by atoms with E-state index >= 15 is 0 Å². The number of halogens is 2. The second kappa shape index (κ2) is 6.51. The smallest absolute Gasteiger partial charge is 0.333 e. The van der Waals surface area contributed by atoms with Crippen molar-refractivity contribution in [3.8, 4) is 0 Å². The number of hydrogen-bond donors (Lipinski definition) is 1. The Morgan fingerprint density at radius 2 is 2.00 bits per heavy atom. The number of nitrogens with zero attached hydrogens (tertiary/aromatic N) is 3. The predicted molar refractivity (Wildman–Crippen MR) is 75.0 cm³/mol. The largest absolute Gasteiger partial charge is 0.342 e. The minimum atomic E-state index is -2.67. The van der Waals surface area contributed by atoms with Gasteiger partial charge in [-0.2, -0.15) is 13.9 Å². The summed E-state index contributed by atoms with van der Waals surface area (Å²) in [6.07, 6.45) is 1.96. The van der Waals surface area contributed by atoms with Crippen LogP contribution in [-0.2, 0) is 11.2 Å². The van der Waals surface area contributed by atoms with Gasteiger partial charge in [0, 0.05) is 24.3 Å². The number of aromatic nitrogens is 2. The first-order valence-corrected chi connectivity index (χ1v) is 7.24. The lowest BCUT2D eigenvalue weighted by Crippen LogP contribution is -2.40. The molecule has 0 unspecified atom stereocenters. The van der Waals surface area contributed by atoms with Crippen molar-refractivity contribution in [2.24, 2.45) is 11.7 Å². The summed E-state index contributed by atoms with van der Waals surface area (Å²) in [7, 11) is 0. The first-order chi connectivity index (χ1) is 9.93. The number of carbonyl (C=O) groups excluding carboxylic acids is 1. The van der Waals surface area contributed by atoms with E-state index in [0.29, 0.717) is 47.2 Å². The molecule has 0 spiro atoms. The zero-order chi connectivity index (χ0) is 15.6. The van der Waals surface area contributed by atoms with Gasteiger partial charge in [0.05, 0.1) is 12.1 Å². The molecule has 1 aliphatic rings. The Labute approximate surface area is 123 Å². The van der Waals surface area contributed by atoms with E-state index in [9.17, 15) is 13.6 Å². The molecule has 0 radical (unpaired) electrons. The summed E-state index contributed by atoms with van der Waals surface area (Å²) < 4.78 is 26.3.